The molecule has 4 N–H and O–H groups in total. The van der Waals surface area contributed by atoms with Crippen molar-refractivity contribution in [1.29, 1.82) is 0 Å². The largest absolute Gasteiger partial charge is 0.395 e. The van der Waals surface area contributed by atoms with Crippen LogP contribution in [-0.2, 0) is 0 Å². The molecule has 0 radical (unpaired) electrons. The van der Waals surface area contributed by atoms with Crippen molar-refractivity contribution < 1.29 is 9.50 Å². The Balaban J connectivity index is 1.97. The first-order chi connectivity index (χ1) is 10.3. The lowest BCUT2D eigenvalue weighted by Crippen LogP contribution is -2.05. The molecule has 0 bridgehead atoms. The average Bonchev–Trinajstić information content (AvgIpc) is 2.92. The van der Waals surface area contributed by atoms with Gasteiger partial charge < -0.3 is 20.7 Å². The SMILES string of the molecule is OCCNc1c[nH]c2ncnc(Nc3ccc(F)cc3)c12. The molecule has 0 amide bonds. The van der Waals surface area contributed by atoms with E-state index in [9.17, 15) is 4.39 Å². The summed E-state index contributed by atoms with van der Waals surface area (Å²) in [6.45, 7) is 0.457. The van der Waals surface area contributed by atoms with Gasteiger partial charge in [-0.2, -0.15) is 0 Å². The molecule has 108 valence electrons. The lowest BCUT2D eigenvalue weighted by atomic mass is 10.3. The third-order valence-electron chi connectivity index (χ3n) is 3.00. The summed E-state index contributed by atoms with van der Waals surface area (Å²) < 4.78 is 12.9. The number of H-pyrrole nitrogens is 1. The van der Waals surface area contributed by atoms with Crippen molar-refractivity contribution in [2.45, 2.75) is 0 Å². The Morgan fingerprint density at radius 2 is 2.00 bits per heavy atom. The smallest absolute Gasteiger partial charge is 0.145 e. The van der Waals surface area contributed by atoms with Crippen LogP contribution in [0.3, 0.4) is 0 Å². The van der Waals surface area contributed by atoms with Crippen LogP contribution in [0.15, 0.2) is 36.8 Å². The van der Waals surface area contributed by atoms with Crippen molar-refractivity contribution in [3.8, 4) is 0 Å². The summed E-state index contributed by atoms with van der Waals surface area (Å²) in [6, 6.07) is 6.03. The first-order valence-corrected chi connectivity index (χ1v) is 6.47. The molecule has 2 aromatic heterocycles. The summed E-state index contributed by atoms with van der Waals surface area (Å²) in [4.78, 5) is 11.4. The summed E-state index contributed by atoms with van der Waals surface area (Å²) in [5.41, 5.74) is 2.20. The van der Waals surface area contributed by atoms with E-state index in [0.29, 0.717) is 18.0 Å². The number of anilines is 3. The number of nitrogens with zero attached hydrogens (tertiary/aromatic N) is 2. The molecule has 0 fully saturated rings. The van der Waals surface area contributed by atoms with E-state index >= 15 is 0 Å². The highest BCUT2D eigenvalue weighted by Crippen LogP contribution is 2.29. The molecule has 1 aromatic carbocycles. The molecule has 3 aromatic rings. The van der Waals surface area contributed by atoms with Crippen LogP contribution in [0, 0.1) is 5.82 Å². The van der Waals surface area contributed by atoms with Crippen LogP contribution in [0.5, 0.6) is 0 Å². The maximum Gasteiger partial charge on any atom is 0.145 e. The second kappa shape index (κ2) is 5.76. The van der Waals surface area contributed by atoms with Crippen molar-refractivity contribution in [2.24, 2.45) is 0 Å². The van der Waals surface area contributed by atoms with Gasteiger partial charge in [0.25, 0.3) is 0 Å². The number of aliphatic hydroxyl groups excluding tert-OH is 1. The predicted octanol–water partition coefficient (Wildman–Crippen LogP) is 2.24. The maximum absolute atomic E-state index is 12.9. The van der Waals surface area contributed by atoms with E-state index in [0.717, 1.165) is 16.8 Å². The van der Waals surface area contributed by atoms with Crippen molar-refractivity contribution >= 4 is 28.2 Å². The number of hydrogen-bond donors (Lipinski definition) is 4. The molecule has 0 saturated carbocycles. The third kappa shape index (κ3) is 2.77. The molecular weight excluding hydrogens is 273 g/mol. The second-order valence-corrected chi connectivity index (χ2v) is 4.43. The fourth-order valence-corrected chi connectivity index (χ4v) is 2.06. The van der Waals surface area contributed by atoms with Crippen LogP contribution in [0.2, 0.25) is 0 Å². The van der Waals surface area contributed by atoms with Crippen LogP contribution < -0.4 is 10.6 Å². The van der Waals surface area contributed by atoms with E-state index < -0.39 is 0 Å². The summed E-state index contributed by atoms with van der Waals surface area (Å²) in [7, 11) is 0. The van der Waals surface area contributed by atoms with E-state index in [1.54, 1.807) is 18.3 Å². The zero-order chi connectivity index (χ0) is 14.7. The minimum atomic E-state index is -0.291. The molecular formula is C14H14FN5O. The zero-order valence-electron chi connectivity index (χ0n) is 11.1. The van der Waals surface area contributed by atoms with E-state index in [1.165, 1.54) is 18.5 Å². The predicted molar refractivity (Wildman–Crippen MR) is 79.1 cm³/mol. The molecule has 0 unspecified atom stereocenters. The van der Waals surface area contributed by atoms with Crippen LogP contribution in [0.1, 0.15) is 0 Å². The van der Waals surface area contributed by atoms with Crippen LogP contribution in [0.4, 0.5) is 21.6 Å². The van der Waals surface area contributed by atoms with Gasteiger partial charge in [-0.3, -0.25) is 0 Å². The molecule has 0 aliphatic carbocycles. The van der Waals surface area contributed by atoms with Crippen molar-refractivity contribution in [1.82, 2.24) is 15.0 Å². The minimum absolute atomic E-state index is 0.0289. The molecule has 2 heterocycles. The van der Waals surface area contributed by atoms with Gasteiger partial charge in [0.1, 0.15) is 23.6 Å². The van der Waals surface area contributed by atoms with Crippen molar-refractivity contribution in [3.05, 3.63) is 42.6 Å². The molecule has 0 aliphatic rings. The standard InChI is InChI=1S/C14H14FN5O/c15-9-1-3-10(4-2-9)20-14-12-11(16-5-6-21)7-17-13(12)18-8-19-14/h1-4,7-8,16,21H,5-6H2,(H2,17,18,19,20). The molecule has 0 spiro atoms. The fourth-order valence-electron chi connectivity index (χ4n) is 2.06. The summed E-state index contributed by atoms with van der Waals surface area (Å²) in [5.74, 6) is 0.314. The third-order valence-corrected chi connectivity index (χ3v) is 3.00. The molecule has 0 saturated heterocycles. The van der Waals surface area contributed by atoms with E-state index in [-0.39, 0.29) is 12.4 Å². The Labute approximate surface area is 120 Å². The number of hydrogen-bond acceptors (Lipinski definition) is 5. The quantitative estimate of drug-likeness (QED) is 0.578. The fraction of sp³-hybridized carbons (Fsp3) is 0.143. The number of rotatable bonds is 5. The highest BCUT2D eigenvalue weighted by Gasteiger charge is 2.11. The minimum Gasteiger partial charge on any atom is -0.395 e. The van der Waals surface area contributed by atoms with Gasteiger partial charge in [0.2, 0.25) is 0 Å². The highest BCUT2D eigenvalue weighted by atomic mass is 19.1. The zero-order valence-corrected chi connectivity index (χ0v) is 11.1. The van der Waals surface area contributed by atoms with Gasteiger partial charge in [0, 0.05) is 18.4 Å². The number of fused-ring (bicyclic) bond motifs is 1. The lowest BCUT2D eigenvalue weighted by molar-refractivity contribution is 0.311. The summed E-state index contributed by atoms with van der Waals surface area (Å²) in [6.07, 6.45) is 3.21. The molecule has 0 atom stereocenters. The van der Waals surface area contributed by atoms with Crippen LogP contribution >= 0.6 is 0 Å². The maximum atomic E-state index is 12.9. The molecule has 7 heteroatoms. The Bertz CT molecular complexity index is 741. The lowest BCUT2D eigenvalue weighted by Gasteiger charge is -2.08. The molecule has 0 aliphatic heterocycles. The van der Waals surface area contributed by atoms with Gasteiger partial charge in [-0.05, 0) is 24.3 Å². The van der Waals surface area contributed by atoms with E-state index in [1.807, 2.05) is 0 Å². The summed E-state index contributed by atoms with van der Waals surface area (Å²) in [5, 5.41) is 15.9. The monoisotopic (exact) mass is 287 g/mol. The number of nitrogens with one attached hydrogen (secondary N) is 3. The number of aromatic amines is 1. The number of halogens is 1. The van der Waals surface area contributed by atoms with Gasteiger partial charge in [-0.1, -0.05) is 0 Å². The van der Waals surface area contributed by atoms with Crippen LogP contribution in [-0.4, -0.2) is 33.2 Å². The summed E-state index contributed by atoms with van der Waals surface area (Å²) >= 11 is 0. The Morgan fingerprint density at radius 1 is 1.19 bits per heavy atom. The number of benzene rings is 1. The van der Waals surface area contributed by atoms with Gasteiger partial charge in [0.15, 0.2) is 0 Å². The Kier molecular flexibility index (Phi) is 3.65. The second-order valence-electron chi connectivity index (χ2n) is 4.43. The Hall–Kier alpha value is -2.67. The molecule has 3 rings (SSSR count). The van der Waals surface area contributed by atoms with Gasteiger partial charge in [-0.25, -0.2) is 14.4 Å². The Morgan fingerprint density at radius 3 is 2.76 bits per heavy atom. The van der Waals surface area contributed by atoms with Gasteiger partial charge in [-0.15, -0.1) is 0 Å². The van der Waals surface area contributed by atoms with Gasteiger partial charge >= 0.3 is 0 Å². The molecule has 21 heavy (non-hydrogen) atoms. The normalized spacial score (nSPS) is 10.8. The molecule has 6 nitrogen and oxygen atoms in total. The topological polar surface area (TPSA) is 85.9 Å². The van der Waals surface area contributed by atoms with E-state index in [4.69, 9.17) is 5.11 Å². The van der Waals surface area contributed by atoms with Gasteiger partial charge in [0.05, 0.1) is 17.7 Å². The van der Waals surface area contributed by atoms with Crippen LogP contribution in [0.25, 0.3) is 11.0 Å². The first-order valence-electron chi connectivity index (χ1n) is 6.47. The highest BCUT2D eigenvalue weighted by molar-refractivity contribution is 5.99. The number of aromatic nitrogens is 3. The first kappa shape index (κ1) is 13.3. The van der Waals surface area contributed by atoms with Crippen molar-refractivity contribution in [3.63, 3.8) is 0 Å². The average molecular weight is 287 g/mol. The van der Waals surface area contributed by atoms with E-state index in [2.05, 4.69) is 25.6 Å². The van der Waals surface area contributed by atoms with Crippen molar-refractivity contribution in [2.75, 3.05) is 23.8 Å². The number of aliphatic hydroxyl groups is 1.